The molecule has 0 aliphatic heterocycles. The van der Waals surface area contributed by atoms with Crippen molar-refractivity contribution in [3.8, 4) is 11.3 Å². The van der Waals surface area contributed by atoms with Crippen molar-refractivity contribution in [2.24, 2.45) is 0 Å². The lowest BCUT2D eigenvalue weighted by Gasteiger charge is -2.04. The molecule has 7 heteroatoms. The average molecular weight is 340 g/mol. The van der Waals surface area contributed by atoms with Gasteiger partial charge in [0.25, 0.3) is 0 Å². The zero-order chi connectivity index (χ0) is 16.7. The second-order valence-corrected chi connectivity index (χ2v) is 6.32. The fourth-order valence-corrected chi connectivity index (χ4v) is 3.19. The molecule has 2 aromatic heterocycles. The molecule has 0 atom stereocenters. The van der Waals surface area contributed by atoms with Crippen molar-refractivity contribution >= 4 is 33.2 Å². The van der Waals surface area contributed by atoms with E-state index in [1.807, 2.05) is 29.6 Å². The van der Waals surface area contributed by atoms with Crippen LogP contribution in [0.15, 0.2) is 46.6 Å². The number of aromatic amines is 2. The highest BCUT2D eigenvalue weighted by Gasteiger charge is 2.08. The lowest BCUT2D eigenvalue weighted by atomic mass is 10.1. The molecule has 24 heavy (non-hydrogen) atoms. The molecule has 0 radical (unpaired) electrons. The summed E-state index contributed by atoms with van der Waals surface area (Å²) in [6.07, 6.45) is 0. The minimum Gasteiger partial charge on any atom is -0.331 e. The van der Waals surface area contributed by atoms with Gasteiger partial charge in [-0.2, -0.15) is 0 Å². The fraction of sp³-hybridized carbons (Fsp3) is 0.0588. The van der Waals surface area contributed by atoms with Gasteiger partial charge >= 0.3 is 5.69 Å². The number of hydrogen-bond donors (Lipinski definition) is 3. The van der Waals surface area contributed by atoms with E-state index in [4.69, 9.17) is 0 Å². The number of thiazole rings is 1. The van der Waals surface area contributed by atoms with E-state index in [0.29, 0.717) is 16.4 Å². The quantitative estimate of drug-likeness (QED) is 0.524. The van der Waals surface area contributed by atoms with Crippen LogP contribution in [0.3, 0.4) is 0 Å². The first-order valence-electron chi connectivity index (χ1n) is 7.29. The highest BCUT2D eigenvalue weighted by atomic mass is 32.1. The van der Waals surface area contributed by atoms with Crippen LogP contribution in [-0.2, 0) is 0 Å². The van der Waals surface area contributed by atoms with E-state index in [-0.39, 0.29) is 11.5 Å². The van der Waals surface area contributed by atoms with E-state index >= 15 is 0 Å². The largest absolute Gasteiger partial charge is 0.331 e. The predicted molar refractivity (Wildman–Crippen MR) is 94.4 cm³/mol. The number of nitrogens with zero attached hydrogens (tertiary/aromatic N) is 1. The van der Waals surface area contributed by atoms with Crippen LogP contribution < -0.4 is 11.0 Å². The maximum absolute atomic E-state index is 13.6. The summed E-state index contributed by atoms with van der Waals surface area (Å²) in [6.45, 7) is 1.72. The van der Waals surface area contributed by atoms with E-state index in [1.54, 1.807) is 13.0 Å². The van der Waals surface area contributed by atoms with Crippen LogP contribution in [0.25, 0.3) is 22.3 Å². The van der Waals surface area contributed by atoms with Crippen LogP contribution in [0, 0.1) is 12.7 Å². The van der Waals surface area contributed by atoms with Crippen LogP contribution in [0.4, 0.5) is 15.2 Å². The minimum absolute atomic E-state index is 0.232. The third-order valence-corrected chi connectivity index (χ3v) is 4.50. The third kappa shape index (κ3) is 2.69. The molecule has 0 bridgehead atoms. The molecule has 0 aliphatic carbocycles. The summed E-state index contributed by atoms with van der Waals surface area (Å²) in [5.41, 5.74) is 4.21. The van der Waals surface area contributed by atoms with E-state index in [9.17, 15) is 9.18 Å². The van der Waals surface area contributed by atoms with Crippen molar-refractivity contribution in [2.45, 2.75) is 6.92 Å². The Balaban J connectivity index is 1.63. The van der Waals surface area contributed by atoms with Gasteiger partial charge in [0.15, 0.2) is 5.13 Å². The van der Waals surface area contributed by atoms with Crippen molar-refractivity contribution in [3.05, 3.63) is 63.6 Å². The van der Waals surface area contributed by atoms with Gasteiger partial charge in [-0.05, 0) is 36.8 Å². The normalized spacial score (nSPS) is 11.1. The molecule has 0 aliphatic rings. The molecule has 0 amide bonds. The number of aromatic nitrogens is 3. The van der Waals surface area contributed by atoms with Crippen molar-refractivity contribution < 1.29 is 4.39 Å². The highest BCUT2D eigenvalue weighted by Crippen LogP contribution is 2.28. The maximum Gasteiger partial charge on any atom is 0.323 e. The molecule has 0 saturated carbocycles. The van der Waals surface area contributed by atoms with E-state index in [1.165, 1.54) is 17.4 Å². The molecule has 0 spiro atoms. The smallest absolute Gasteiger partial charge is 0.323 e. The second kappa shape index (κ2) is 5.61. The molecule has 0 unspecified atom stereocenters. The Labute approximate surface area is 140 Å². The molecular formula is C17H13FN4OS. The van der Waals surface area contributed by atoms with Crippen LogP contribution in [0.5, 0.6) is 0 Å². The van der Waals surface area contributed by atoms with Crippen molar-refractivity contribution in [1.82, 2.24) is 15.0 Å². The van der Waals surface area contributed by atoms with Gasteiger partial charge in [-0.15, -0.1) is 11.3 Å². The standard InChI is InChI=1S/C17H13FN4OS/c1-9-2-4-11(7-12(9)18)19-17-22-15(8-24-17)10-3-5-13-14(6-10)21-16(23)20-13/h2-8H,1H3,(H,19,22)(H2,20,21,23). The monoisotopic (exact) mass is 340 g/mol. The van der Waals surface area contributed by atoms with Crippen molar-refractivity contribution in [1.29, 1.82) is 0 Å². The van der Waals surface area contributed by atoms with Crippen molar-refractivity contribution in [3.63, 3.8) is 0 Å². The van der Waals surface area contributed by atoms with Gasteiger partial charge in [0.05, 0.1) is 16.7 Å². The number of benzene rings is 2. The van der Waals surface area contributed by atoms with E-state index < -0.39 is 0 Å². The van der Waals surface area contributed by atoms with Gasteiger partial charge in [0.2, 0.25) is 0 Å². The maximum atomic E-state index is 13.6. The summed E-state index contributed by atoms with van der Waals surface area (Å²) in [6, 6.07) is 10.6. The number of imidazole rings is 1. The Bertz CT molecular complexity index is 1100. The summed E-state index contributed by atoms with van der Waals surface area (Å²) in [5, 5.41) is 5.70. The molecule has 0 saturated heterocycles. The number of rotatable bonds is 3. The number of hydrogen-bond acceptors (Lipinski definition) is 4. The topological polar surface area (TPSA) is 73.6 Å². The van der Waals surface area contributed by atoms with E-state index in [2.05, 4.69) is 20.3 Å². The van der Waals surface area contributed by atoms with Crippen LogP contribution >= 0.6 is 11.3 Å². The van der Waals surface area contributed by atoms with Gasteiger partial charge in [-0.25, -0.2) is 14.2 Å². The molecule has 4 aromatic rings. The van der Waals surface area contributed by atoms with Crippen LogP contribution in [0.1, 0.15) is 5.56 Å². The molecule has 5 nitrogen and oxygen atoms in total. The molecule has 4 rings (SSSR count). The summed E-state index contributed by atoms with van der Waals surface area (Å²) in [5.74, 6) is -0.251. The number of fused-ring (bicyclic) bond motifs is 1. The van der Waals surface area contributed by atoms with Gasteiger partial charge in [0, 0.05) is 16.6 Å². The fourth-order valence-electron chi connectivity index (χ4n) is 2.45. The van der Waals surface area contributed by atoms with E-state index in [0.717, 1.165) is 22.3 Å². The highest BCUT2D eigenvalue weighted by molar-refractivity contribution is 7.14. The lowest BCUT2D eigenvalue weighted by Crippen LogP contribution is -1.99. The first kappa shape index (κ1) is 14.6. The zero-order valence-electron chi connectivity index (χ0n) is 12.7. The second-order valence-electron chi connectivity index (χ2n) is 5.47. The first-order chi connectivity index (χ1) is 11.6. The van der Waals surface area contributed by atoms with Gasteiger partial charge in [-0.1, -0.05) is 12.1 Å². The number of nitrogens with one attached hydrogen (secondary N) is 3. The number of halogens is 1. The summed E-state index contributed by atoms with van der Waals surface area (Å²) < 4.78 is 13.6. The zero-order valence-corrected chi connectivity index (χ0v) is 13.5. The molecule has 3 N–H and O–H groups in total. The van der Waals surface area contributed by atoms with Gasteiger partial charge in [0.1, 0.15) is 5.82 Å². The SMILES string of the molecule is Cc1ccc(Nc2nc(-c3ccc4[nH]c(=O)[nH]c4c3)cs2)cc1F. The Kier molecular flexibility index (Phi) is 3.42. The molecule has 120 valence electrons. The predicted octanol–water partition coefficient (Wildman–Crippen LogP) is 4.17. The Morgan fingerprint density at radius 3 is 2.79 bits per heavy atom. The molecule has 2 aromatic carbocycles. The lowest BCUT2D eigenvalue weighted by molar-refractivity contribution is 0.619. The van der Waals surface area contributed by atoms with Gasteiger partial charge in [-0.3, -0.25) is 0 Å². The Hall–Kier alpha value is -2.93. The van der Waals surface area contributed by atoms with Crippen LogP contribution in [-0.4, -0.2) is 15.0 Å². The summed E-state index contributed by atoms with van der Waals surface area (Å²) in [4.78, 5) is 21.3. The molecule has 2 heterocycles. The summed E-state index contributed by atoms with van der Waals surface area (Å²) in [7, 11) is 0. The number of H-pyrrole nitrogens is 2. The summed E-state index contributed by atoms with van der Waals surface area (Å²) >= 11 is 1.44. The minimum atomic E-state index is -0.251. The third-order valence-electron chi connectivity index (χ3n) is 3.74. The van der Waals surface area contributed by atoms with Gasteiger partial charge < -0.3 is 15.3 Å². The van der Waals surface area contributed by atoms with Crippen LogP contribution in [0.2, 0.25) is 0 Å². The Morgan fingerprint density at radius 1 is 1.12 bits per heavy atom. The average Bonchev–Trinajstić information content (AvgIpc) is 3.15. The molecular weight excluding hydrogens is 327 g/mol. The number of anilines is 2. The number of aryl methyl sites for hydroxylation is 1. The Morgan fingerprint density at radius 2 is 1.96 bits per heavy atom. The van der Waals surface area contributed by atoms with Crippen molar-refractivity contribution in [2.75, 3.05) is 5.32 Å². The molecule has 0 fully saturated rings. The first-order valence-corrected chi connectivity index (χ1v) is 8.17.